The van der Waals surface area contributed by atoms with Crippen molar-refractivity contribution in [2.75, 3.05) is 26.2 Å². The van der Waals surface area contributed by atoms with Gasteiger partial charge in [-0.1, -0.05) is 13.8 Å². The molecule has 0 spiro atoms. The first-order valence-electron chi connectivity index (χ1n) is 12.6. The lowest BCUT2D eigenvalue weighted by atomic mass is 9.97. The molecule has 1 aromatic carbocycles. The van der Waals surface area contributed by atoms with E-state index in [4.69, 9.17) is 14.1 Å². The Balaban J connectivity index is 1.42. The van der Waals surface area contributed by atoms with Crippen molar-refractivity contribution in [2.45, 2.75) is 58.1 Å². The number of nitrogens with zero attached hydrogens (tertiary/aromatic N) is 3. The van der Waals surface area contributed by atoms with Crippen LogP contribution in [0.2, 0.25) is 0 Å². The Bertz CT molecular complexity index is 1290. The first-order chi connectivity index (χ1) is 17.1. The van der Waals surface area contributed by atoms with Crippen molar-refractivity contribution in [3.05, 3.63) is 53.5 Å². The Hall–Kier alpha value is -3.26. The average Bonchev–Trinajstić information content (AvgIpc) is 3.52. The second-order valence-electron chi connectivity index (χ2n) is 10.6. The fraction of sp³-hybridized carbons (Fsp3) is 0.464. The number of fused-ring (bicyclic) bond motifs is 1. The number of carbonyl (C=O) groups excluding carboxylic acids is 2. The molecule has 8 heteroatoms. The highest BCUT2D eigenvalue weighted by Crippen LogP contribution is 2.33. The van der Waals surface area contributed by atoms with Gasteiger partial charge in [-0.05, 0) is 62.9 Å². The molecule has 1 atom stereocenters. The van der Waals surface area contributed by atoms with Gasteiger partial charge < -0.3 is 19.0 Å². The van der Waals surface area contributed by atoms with E-state index in [-0.39, 0.29) is 35.4 Å². The van der Waals surface area contributed by atoms with Crippen molar-refractivity contribution >= 4 is 22.9 Å². The van der Waals surface area contributed by atoms with Gasteiger partial charge in [0.05, 0.1) is 11.2 Å². The Morgan fingerprint density at radius 3 is 2.53 bits per heavy atom. The minimum Gasteiger partial charge on any atom is -0.449 e. The largest absolute Gasteiger partial charge is 0.449 e. The highest BCUT2D eigenvalue weighted by molar-refractivity contribution is 5.97. The lowest BCUT2D eigenvalue weighted by molar-refractivity contribution is -0.145. The topological polar surface area (TPSA) is 75.9 Å². The van der Waals surface area contributed by atoms with Gasteiger partial charge >= 0.3 is 0 Å². The van der Waals surface area contributed by atoms with Crippen LogP contribution in [-0.2, 0) is 9.53 Å². The monoisotopic (exact) mass is 493 g/mol. The minimum absolute atomic E-state index is 0.00973. The van der Waals surface area contributed by atoms with Crippen LogP contribution in [-0.4, -0.2) is 64.5 Å². The van der Waals surface area contributed by atoms with Gasteiger partial charge in [0.25, 0.3) is 11.8 Å². The Labute approximate surface area is 210 Å². The summed E-state index contributed by atoms with van der Waals surface area (Å²) in [6, 6.07) is 9.84. The Morgan fingerprint density at radius 1 is 1.14 bits per heavy atom. The first kappa shape index (κ1) is 24.4. The number of piperazine rings is 1. The third-order valence-electron chi connectivity index (χ3n) is 7.14. The Morgan fingerprint density at radius 2 is 1.89 bits per heavy atom. The number of rotatable bonds is 4. The van der Waals surface area contributed by atoms with Gasteiger partial charge in [0.1, 0.15) is 17.4 Å². The van der Waals surface area contributed by atoms with Crippen molar-refractivity contribution in [3.8, 4) is 11.3 Å². The number of hydrogen-bond donors (Lipinski definition) is 0. The molecule has 2 fully saturated rings. The van der Waals surface area contributed by atoms with E-state index in [0.29, 0.717) is 43.0 Å². The van der Waals surface area contributed by atoms with Crippen LogP contribution >= 0.6 is 0 Å². The number of aromatic nitrogens is 1. The molecule has 2 amide bonds. The molecule has 190 valence electrons. The summed E-state index contributed by atoms with van der Waals surface area (Å²) in [7, 11) is 0. The van der Waals surface area contributed by atoms with E-state index in [0.717, 1.165) is 24.0 Å². The quantitative estimate of drug-likeness (QED) is 0.511. The van der Waals surface area contributed by atoms with Crippen LogP contribution in [0.4, 0.5) is 4.39 Å². The fourth-order valence-corrected chi connectivity index (χ4v) is 5.18. The maximum absolute atomic E-state index is 13.6. The number of pyridine rings is 1. The zero-order valence-electron chi connectivity index (χ0n) is 21.2. The lowest BCUT2D eigenvalue weighted by Gasteiger charge is -2.47. The van der Waals surface area contributed by atoms with Crippen LogP contribution in [0.25, 0.3) is 22.4 Å². The number of halogens is 1. The van der Waals surface area contributed by atoms with Gasteiger partial charge in [0, 0.05) is 43.4 Å². The van der Waals surface area contributed by atoms with Crippen LogP contribution in [0.15, 0.2) is 40.8 Å². The van der Waals surface area contributed by atoms with E-state index in [1.807, 2.05) is 24.8 Å². The van der Waals surface area contributed by atoms with E-state index in [2.05, 4.69) is 13.8 Å². The summed E-state index contributed by atoms with van der Waals surface area (Å²) in [5.74, 6) is -0.161. The summed E-state index contributed by atoms with van der Waals surface area (Å²) >= 11 is 0. The zero-order chi connectivity index (χ0) is 25.6. The fourth-order valence-electron chi connectivity index (χ4n) is 5.18. The molecule has 2 aliphatic heterocycles. The Kier molecular flexibility index (Phi) is 6.32. The maximum Gasteiger partial charge on any atom is 0.290 e. The van der Waals surface area contributed by atoms with Gasteiger partial charge in [0.2, 0.25) is 0 Å². The van der Waals surface area contributed by atoms with Gasteiger partial charge in [-0.15, -0.1) is 0 Å². The summed E-state index contributed by atoms with van der Waals surface area (Å²) in [5, 5.41) is 0. The second kappa shape index (κ2) is 9.32. The smallest absolute Gasteiger partial charge is 0.290 e. The standard InChI is InChI=1S/C28H32FN3O4/c1-17(2)20-14-21(18-7-9-19(29)10-8-18)30-22-15-24(36-25(20)22)27(34)32-12-11-31(16-28(32,3)4)26(33)23-6-5-13-35-23/h7-10,14-15,17,23H,5-6,11-13,16H2,1-4H3/t23-/m1/s1. The summed E-state index contributed by atoms with van der Waals surface area (Å²) in [6.07, 6.45) is 1.29. The first-order valence-corrected chi connectivity index (χ1v) is 12.6. The molecule has 2 aliphatic rings. The molecule has 3 aromatic rings. The molecule has 2 saturated heterocycles. The number of ether oxygens (including phenoxy) is 1. The number of furan rings is 1. The molecule has 7 nitrogen and oxygen atoms in total. The van der Waals surface area contributed by atoms with Crippen molar-refractivity contribution in [1.82, 2.24) is 14.8 Å². The molecule has 0 bridgehead atoms. The van der Waals surface area contributed by atoms with Gasteiger partial charge in [-0.25, -0.2) is 9.37 Å². The van der Waals surface area contributed by atoms with Gasteiger partial charge in [0.15, 0.2) is 11.3 Å². The maximum atomic E-state index is 13.6. The SMILES string of the molecule is CC(C)c1cc(-c2ccc(F)cc2)nc2cc(C(=O)N3CCN(C(=O)[C@H]4CCCO4)CC3(C)C)oc12. The van der Waals surface area contributed by atoms with Gasteiger partial charge in [-0.2, -0.15) is 0 Å². The minimum atomic E-state index is -0.573. The molecule has 0 radical (unpaired) electrons. The van der Waals surface area contributed by atoms with E-state index >= 15 is 0 Å². The highest BCUT2D eigenvalue weighted by Gasteiger charge is 2.41. The molecule has 0 saturated carbocycles. The van der Waals surface area contributed by atoms with E-state index in [9.17, 15) is 14.0 Å². The molecule has 2 aromatic heterocycles. The second-order valence-corrected chi connectivity index (χ2v) is 10.6. The van der Waals surface area contributed by atoms with Crippen molar-refractivity contribution in [1.29, 1.82) is 0 Å². The van der Waals surface area contributed by atoms with Gasteiger partial charge in [-0.3, -0.25) is 9.59 Å². The normalized spacial score (nSPS) is 19.9. The lowest BCUT2D eigenvalue weighted by Crippen LogP contribution is -2.63. The molecular formula is C28H32FN3O4. The van der Waals surface area contributed by atoms with E-state index in [1.54, 1.807) is 23.1 Å². The molecule has 0 aliphatic carbocycles. The molecule has 0 N–H and O–H groups in total. The summed E-state index contributed by atoms with van der Waals surface area (Å²) in [4.78, 5) is 34.8. The molecule has 0 unspecified atom stereocenters. The van der Waals surface area contributed by atoms with Crippen LogP contribution in [0, 0.1) is 5.82 Å². The predicted octanol–water partition coefficient (Wildman–Crippen LogP) is 5.00. The number of carbonyl (C=O) groups is 2. The third-order valence-corrected chi connectivity index (χ3v) is 7.14. The van der Waals surface area contributed by atoms with Crippen molar-refractivity contribution in [2.24, 2.45) is 0 Å². The molecule has 36 heavy (non-hydrogen) atoms. The average molecular weight is 494 g/mol. The number of amides is 2. The van der Waals surface area contributed by atoms with Crippen LogP contribution < -0.4 is 0 Å². The third kappa shape index (κ3) is 4.50. The van der Waals surface area contributed by atoms with Crippen LogP contribution in [0.1, 0.15) is 62.6 Å². The summed E-state index contributed by atoms with van der Waals surface area (Å²) in [6.45, 7) is 9.97. The molecular weight excluding hydrogens is 461 g/mol. The van der Waals surface area contributed by atoms with Crippen LogP contribution in [0.3, 0.4) is 0 Å². The summed E-state index contributed by atoms with van der Waals surface area (Å²) in [5.41, 5.74) is 3.04. The number of hydrogen-bond acceptors (Lipinski definition) is 5. The van der Waals surface area contributed by atoms with Crippen molar-refractivity contribution < 1.29 is 23.1 Å². The van der Waals surface area contributed by atoms with Crippen LogP contribution in [0.5, 0.6) is 0 Å². The summed E-state index contributed by atoms with van der Waals surface area (Å²) < 4.78 is 25.1. The molecule has 5 rings (SSSR count). The molecule has 4 heterocycles. The zero-order valence-corrected chi connectivity index (χ0v) is 21.2. The predicted molar refractivity (Wildman–Crippen MR) is 134 cm³/mol. The van der Waals surface area contributed by atoms with E-state index in [1.165, 1.54) is 12.1 Å². The van der Waals surface area contributed by atoms with Crippen molar-refractivity contribution in [3.63, 3.8) is 0 Å². The highest BCUT2D eigenvalue weighted by atomic mass is 19.1. The number of benzene rings is 1. The van der Waals surface area contributed by atoms with E-state index < -0.39 is 5.54 Å².